The first-order chi connectivity index (χ1) is 8.29. The Labute approximate surface area is 104 Å². The highest BCUT2D eigenvalue weighted by molar-refractivity contribution is 5.45. The smallest absolute Gasteiger partial charge is 0.0713 e. The van der Waals surface area contributed by atoms with E-state index >= 15 is 0 Å². The number of ether oxygens (including phenoxy) is 1. The van der Waals surface area contributed by atoms with E-state index in [1.54, 1.807) is 7.11 Å². The van der Waals surface area contributed by atoms with Gasteiger partial charge in [0.2, 0.25) is 0 Å². The molecular formula is C15H23NO. The molecular weight excluding hydrogens is 210 g/mol. The van der Waals surface area contributed by atoms with Gasteiger partial charge in [0.15, 0.2) is 0 Å². The van der Waals surface area contributed by atoms with Crippen LogP contribution in [0.1, 0.15) is 38.2 Å². The Kier molecular flexibility index (Phi) is 4.43. The topological polar surface area (TPSA) is 21.3 Å². The van der Waals surface area contributed by atoms with Gasteiger partial charge in [-0.1, -0.05) is 25.0 Å². The van der Waals surface area contributed by atoms with Crippen LogP contribution in [0, 0.1) is 5.92 Å². The molecule has 2 heteroatoms. The minimum Gasteiger partial charge on any atom is -0.382 e. The van der Waals surface area contributed by atoms with Crippen LogP contribution in [-0.4, -0.2) is 13.2 Å². The second-order valence-electron chi connectivity index (χ2n) is 5.11. The van der Waals surface area contributed by atoms with Crippen LogP contribution >= 0.6 is 0 Å². The van der Waals surface area contributed by atoms with Crippen LogP contribution in [0.25, 0.3) is 0 Å². The first kappa shape index (κ1) is 12.4. The maximum Gasteiger partial charge on any atom is 0.0713 e. The second kappa shape index (κ2) is 6.06. The van der Waals surface area contributed by atoms with Crippen LogP contribution in [-0.2, 0) is 11.3 Å². The first-order valence-corrected chi connectivity index (χ1v) is 6.64. The lowest BCUT2D eigenvalue weighted by Crippen LogP contribution is -2.23. The Hall–Kier alpha value is -1.02. The van der Waals surface area contributed by atoms with Crippen LogP contribution in [0.5, 0.6) is 0 Å². The molecule has 1 aliphatic rings. The summed E-state index contributed by atoms with van der Waals surface area (Å²) in [7, 11) is 1.73. The number of hydrogen-bond donors (Lipinski definition) is 1. The first-order valence-electron chi connectivity index (χ1n) is 6.64. The number of methoxy groups -OCH3 is 1. The second-order valence-corrected chi connectivity index (χ2v) is 5.11. The summed E-state index contributed by atoms with van der Waals surface area (Å²) in [4.78, 5) is 0. The van der Waals surface area contributed by atoms with Crippen LogP contribution in [0.3, 0.4) is 0 Å². The van der Waals surface area contributed by atoms with E-state index in [-0.39, 0.29) is 0 Å². The molecule has 1 unspecified atom stereocenters. The summed E-state index contributed by atoms with van der Waals surface area (Å²) in [5, 5.41) is 3.61. The predicted molar refractivity (Wildman–Crippen MR) is 72.2 cm³/mol. The minimum absolute atomic E-state index is 0.589. The van der Waals surface area contributed by atoms with Crippen LogP contribution in [0.4, 0.5) is 5.69 Å². The van der Waals surface area contributed by atoms with E-state index in [0.717, 1.165) is 5.92 Å². The van der Waals surface area contributed by atoms with E-state index in [4.69, 9.17) is 4.74 Å². The van der Waals surface area contributed by atoms with E-state index in [9.17, 15) is 0 Å². The van der Waals surface area contributed by atoms with Crippen molar-refractivity contribution in [2.24, 2.45) is 5.92 Å². The number of benzene rings is 1. The largest absolute Gasteiger partial charge is 0.382 e. The maximum atomic E-state index is 5.11. The molecule has 0 amide bonds. The predicted octanol–water partition coefficient (Wildman–Crippen LogP) is 3.82. The third-order valence-electron chi connectivity index (χ3n) is 3.77. The number of nitrogens with one attached hydrogen (secondary N) is 1. The molecule has 2 nitrogen and oxygen atoms in total. The molecule has 17 heavy (non-hydrogen) atoms. The molecule has 1 saturated carbocycles. The standard InChI is InChI=1S/C15H23NO/c1-12(14-5-3-4-6-14)16-15-9-7-13(8-10-15)11-17-2/h7-10,12,14,16H,3-6,11H2,1-2H3. The van der Waals surface area contributed by atoms with Crippen molar-refractivity contribution in [2.75, 3.05) is 12.4 Å². The number of hydrogen-bond acceptors (Lipinski definition) is 2. The Morgan fingerprint density at radius 2 is 1.88 bits per heavy atom. The molecule has 1 aromatic rings. The summed E-state index contributed by atoms with van der Waals surface area (Å²) in [5.74, 6) is 0.855. The van der Waals surface area contributed by atoms with E-state index < -0.39 is 0 Å². The zero-order valence-corrected chi connectivity index (χ0v) is 10.9. The van der Waals surface area contributed by atoms with Gasteiger partial charge in [0.05, 0.1) is 6.61 Å². The minimum atomic E-state index is 0.589. The third kappa shape index (κ3) is 3.47. The van der Waals surface area contributed by atoms with Gasteiger partial charge in [-0.3, -0.25) is 0 Å². The van der Waals surface area contributed by atoms with E-state index in [0.29, 0.717) is 12.6 Å². The maximum absolute atomic E-state index is 5.11. The zero-order valence-electron chi connectivity index (χ0n) is 10.9. The Morgan fingerprint density at radius 3 is 2.47 bits per heavy atom. The molecule has 0 bridgehead atoms. The molecule has 1 N–H and O–H groups in total. The van der Waals surface area contributed by atoms with E-state index in [2.05, 4.69) is 36.5 Å². The quantitative estimate of drug-likeness (QED) is 0.834. The van der Waals surface area contributed by atoms with Crippen LogP contribution in [0.2, 0.25) is 0 Å². The lowest BCUT2D eigenvalue weighted by atomic mass is 9.99. The highest BCUT2D eigenvalue weighted by Crippen LogP contribution is 2.29. The van der Waals surface area contributed by atoms with Gasteiger partial charge in [-0.05, 0) is 43.4 Å². The van der Waals surface area contributed by atoms with Gasteiger partial charge in [0.1, 0.15) is 0 Å². The highest BCUT2D eigenvalue weighted by Gasteiger charge is 2.21. The molecule has 0 aromatic heterocycles. The van der Waals surface area contributed by atoms with Gasteiger partial charge in [0, 0.05) is 18.8 Å². The fourth-order valence-corrected chi connectivity index (χ4v) is 2.70. The molecule has 94 valence electrons. The fourth-order valence-electron chi connectivity index (χ4n) is 2.70. The van der Waals surface area contributed by atoms with Gasteiger partial charge in [0.25, 0.3) is 0 Å². The monoisotopic (exact) mass is 233 g/mol. The lowest BCUT2D eigenvalue weighted by Gasteiger charge is -2.21. The zero-order chi connectivity index (χ0) is 12.1. The third-order valence-corrected chi connectivity index (χ3v) is 3.77. The van der Waals surface area contributed by atoms with Crippen molar-refractivity contribution in [3.8, 4) is 0 Å². The van der Waals surface area contributed by atoms with E-state index in [1.807, 2.05) is 0 Å². The molecule has 0 radical (unpaired) electrons. The lowest BCUT2D eigenvalue weighted by molar-refractivity contribution is 0.185. The Balaban J connectivity index is 1.89. The molecule has 2 rings (SSSR count). The van der Waals surface area contributed by atoms with Gasteiger partial charge in [-0.25, -0.2) is 0 Å². The molecule has 1 aliphatic carbocycles. The van der Waals surface area contributed by atoms with Crippen molar-refractivity contribution in [2.45, 2.75) is 45.3 Å². The molecule has 0 saturated heterocycles. The molecule has 1 aromatic carbocycles. The highest BCUT2D eigenvalue weighted by atomic mass is 16.5. The van der Waals surface area contributed by atoms with Crippen molar-refractivity contribution in [1.82, 2.24) is 0 Å². The molecule has 0 aliphatic heterocycles. The molecule has 1 atom stereocenters. The number of rotatable bonds is 5. The Morgan fingerprint density at radius 1 is 1.24 bits per heavy atom. The fraction of sp³-hybridized carbons (Fsp3) is 0.600. The Bertz CT molecular complexity index is 327. The van der Waals surface area contributed by atoms with Crippen LogP contribution in [0.15, 0.2) is 24.3 Å². The van der Waals surface area contributed by atoms with Crippen molar-refractivity contribution < 1.29 is 4.74 Å². The average molecular weight is 233 g/mol. The normalized spacial score (nSPS) is 18.2. The summed E-state index contributed by atoms with van der Waals surface area (Å²) >= 11 is 0. The van der Waals surface area contributed by atoms with Crippen molar-refractivity contribution in [3.05, 3.63) is 29.8 Å². The van der Waals surface area contributed by atoms with Crippen molar-refractivity contribution in [1.29, 1.82) is 0 Å². The summed E-state index contributed by atoms with van der Waals surface area (Å²) in [6.45, 7) is 3.00. The van der Waals surface area contributed by atoms with Crippen LogP contribution < -0.4 is 5.32 Å². The summed E-state index contributed by atoms with van der Waals surface area (Å²) < 4.78 is 5.11. The summed E-state index contributed by atoms with van der Waals surface area (Å²) in [6, 6.07) is 9.16. The average Bonchev–Trinajstić information content (AvgIpc) is 2.86. The van der Waals surface area contributed by atoms with E-state index in [1.165, 1.54) is 36.9 Å². The SMILES string of the molecule is COCc1ccc(NC(C)C2CCCC2)cc1. The van der Waals surface area contributed by atoms with Gasteiger partial charge < -0.3 is 10.1 Å². The summed E-state index contributed by atoms with van der Waals surface area (Å²) in [6.07, 6.45) is 5.58. The van der Waals surface area contributed by atoms with Gasteiger partial charge in [-0.15, -0.1) is 0 Å². The molecule has 1 fully saturated rings. The number of anilines is 1. The van der Waals surface area contributed by atoms with Gasteiger partial charge in [-0.2, -0.15) is 0 Å². The molecule has 0 spiro atoms. The van der Waals surface area contributed by atoms with Crippen molar-refractivity contribution >= 4 is 5.69 Å². The summed E-state index contributed by atoms with van der Waals surface area (Å²) in [5.41, 5.74) is 2.45. The van der Waals surface area contributed by atoms with Gasteiger partial charge >= 0.3 is 0 Å². The van der Waals surface area contributed by atoms with Crippen molar-refractivity contribution in [3.63, 3.8) is 0 Å². The molecule has 0 heterocycles.